The van der Waals surface area contributed by atoms with E-state index in [4.69, 9.17) is 30.2 Å². The topological polar surface area (TPSA) is 89.6 Å². The fraction of sp³-hybridized carbons (Fsp3) is 0.550. The van der Waals surface area contributed by atoms with Gasteiger partial charge < -0.3 is 25.0 Å². The molecule has 3 atom stereocenters. The molecule has 2 bridgehead atoms. The third-order valence-corrected chi connectivity index (χ3v) is 5.88. The van der Waals surface area contributed by atoms with E-state index < -0.39 is 0 Å². The molecule has 3 aliphatic heterocycles. The van der Waals surface area contributed by atoms with Crippen LogP contribution < -0.4 is 15.5 Å². The van der Waals surface area contributed by atoms with Crippen LogP contribution >= 0.6 is 0 Å². The first-order valence-corrected chi connectivity index (χ1v) is 10.0. The predicted molar refractivity (Wildman–Crippen MR) is 107 cm³/mol. The summed E-state index contributed by atoms with van der Waals surface area (Å²) in [4.78, 5) is 19.2. The molecule has 3 aliphatic rings. The maximum absolute atomic E-state index is 5.86. The van der Waals surface area contributed by atoms with E-state index in [0.717, 1.165) is 55.7 Å². The van der Waals surface area contributed by atoms with Crippen molar-refractivity contribution < 1.29 is 9.47 Å². The Morgan fingerprint density at radius 2 is 1.64 bits per heavy atom. The molecular weight excluding hydrogens is 356 g/mol. The molecule has 148 valence electrons. The molecule has 0 radical (unpaired) electrons. The zero-order valence-corrected chi connectivity index (χ0v) is 16.1. The fourth-order valence-electron chi connectivity index (χ4n) is 4.34. The first-order valence-electron chi connectivity index (χ1n) is 10.0. The summed E-state index contributed by atoms with van der Waals surface area (Å²) in [5, 5.41) is 0. The summed E-state index contributed by atoms with van der Waals surface area (Å²) < 4.78 is 11.3. The molecule has 8 heteroatoms. The molecule has 0 amide bonds. The Morgan fingerprint density at radius 3 is 2.36 bits per heavy atom. The highest BCUT2D eigenvalue weighted by Gasteiger charge is 2.39. The van der Waals surface area contributed by atoms with Crippen LogP contribution in [0, 0.1) is 0 Å². The second-order valence-corrected chi connectivity index (χ2v) is 7.83. The Morgan fingerprint density at radius 1 is 0.929 bits per heavy atom. The van der Waals surface area contributed by atoms with E-state index in [9.17, 15) is 0 Å². The molecule has 1 aromatic heterocycles. The van der Waals surface area contributed by atoms with Gasteiger partial charge in [0.05, 0.1) is 44.6 Å². The molecule has 2 aromatic rings. The Balaban J connectivity index is 1.58. The summed E-state index contributed by atoms with van der Waals surface area (Å²) in [6.45, 7) is 5.77. The largest absolute Gasteiger partial charge is 0.399 e. The molecule has 4 heterocycles. The quantitative estimate of drug-likeness (QED) is 0.803. The van der Waals surface area contributed by atoms with E-state index in [-0.39, 0.29) is 6.04 Å². The molecule has 0 spiro atoms. The lowest BCUT2D eigenvalue weighted by atomic mass is 10.2. The number of aromatic nitrogens is 3. The Labute approximate surface area is 164 Å². The number of nitrogen functional groups attached to an aromatic ring is 1. The maximum Gasteiger partial charge on any atom is 0.231 e. The smallest absolute Gasteiger partial charge is 0.231 e. The number of nitrogens with two attached hydrogens (primary N) is 1. The summed E-state index contributed by atoms with van der Waals surface area (Å²) >= 11 is 0. The van der Waals surface area contributed by atoms with Crippen LogP contribution in [0.5, 0.6) is 0 Å². The van der Waals surface area contributed by atoms with Crippen LogP contribution in [-0.2, 0) is 9.47 Å². The van der Waals surface area contributed by atoms with Crippen molar-refractivity contribution >= 4 is 17.6 Å². The van der Waals surface area contributed by atoms with Crippen molar-refractivity contribution in [1.82, 2.24) is 15.0 Å². The number of rotatable bonds is 3. The number of ether oxygens (including phenoxy) is 2. The summed E-state index contributed by atoms with van der Waals surface area (Å²) in [6, 6.07) is 8.61. The van der Waals surface area contributed by atoms with Gasteiger partial charge in [0.1, 0.15) is 0 Å². The van der Waals surface area contributed by atoms with Gasteiger partial charge in [0.25, 0.3) is 0 Å². The normalized spacial score (nSPS) is 27.2. The summed E-state index contributed by atoms with van der Waals surface area (Å²) in [5.74, 6) is 2.16. The highest BCUT2D eigenvalue weighted by Crippen LogP contribution is 2.34. The molecule has 3 saturated heterocycles. The van der Waals surface area contributed by atoms with Gasteiger partial charge >= 0.3 is 0 Å². The number of nitrogens with zero attached hydrogens (tertiary/aromatic N) is 5. The summed E-state index contributed by atoms with van der Waals surface area (Å²) in [7, 11) is 0. The highest BCUT2D eigenvalue weighted by molar-refractivity contribution is 5.62. The number of hydrogen-bond acceptors (Lipinski definition) is 8. The van der Waals surface area contributed by atoms with Gasteiger partial charge in [0.2, 0.25) is 11.9 Å². The van der Waals surface area contributed by atoms with E-state index in [1.54, 1.807) is 0 Å². The lowest BCUT2D eigenvalue weighted by Gasteiger charge is -2.36. The number of hydrogen-bond donors (Lipinski definition) is 1. The lowest BCUT2D eigenvalue weighted by Crippen LogP contribution is -2.48. The molecular formula is C20H26N6O2. The molecule has 3 unspecified atom stereocenters. The third kappa shape index (κ3) is 3.16. The highest BCUT2D eigenvalue weighted by atomic mass is 16.5. The fourth-order valence-corrected chi connectivity index (χ4v) is 4.34. The second-order valence-electron chi connectivity index (χ2n) is 7.83. The van der Waals surface area contributed by atoms with Crippen molar-refractivity contribution in [2.24, 2.45) is 0 Å². The van der Waals surface area contributed by atoms with E-state index in [1.165, 1.54) is 0 Å². The Bertz CT molecular complexity index is 829. The average molecular weight is 382 g/mol. The maximum atomic E-state index is 5.86. The van der Waals surface area contributed by atoms with E-state index in [1.807, 2.05) is 24.3 Å². The molecule has 0 aliphatic carbocycles. The van der Waals surface area contributed by atoms with Crippen LogP contribution in [-0.4, -0.2) is 66.0 Å². The summed E-state index contributed by atoms with van der Waals surface area (Å²) in [6.07, 6.45) is 2.24. The van der Waals surface area contributed by atoms with Gasteiger partial charge in [0, 0.05) is 17.8 Å². The SMILES string of the molecule is CC1COCCN1c1nc(-c2ccc(N)cc2)nc(N2C3CCC2COC3)n1. The van der Waals surface area contributed by atoms with Crippen molar-refractivity contribution in [2.45, 2.75) is 37.9 Å². The van der Waals surface area contributed by atoms with Crippen molar-refractivity contribution in [3.05, 3.63) is 24.3 Å². The average Bonchev–Trinajstić information content (AvgIpc) is 2.97. The first kappa shape index (κ1) is 17.6. The summed E-state index contributed by atoms with van der Waals surface area (Å²) in [5.41, 5.74) is 7.54. The van der Waals surface area contributed by atoms with Crippen LogP contribution in [0.4, 0.5) is 17.6 Å². The van der Waals surface area contributed by atoms with Crippen LogP contribution in [0.15, 0.2) is 24.3 Å². The van der Waals surface area contributed by atoms with Gasteiger partial charge in [-0.25, -0.2) is 0 Å². The van der Waals surface area contributed by atoms with Crippen LogP contribution in [0.25, 0.3) is 11.4 Å². The minimum atomic E-state index is 0.227. The monoisotopic (exact) mass is 382 g/mol. The number of benzene rings is 1. The van der Waals surface area contributed by atoms with Crippen LogP contribution in [0.3, 0.4) is 0 Å². The second kappa shape index (κ2) is 7.18. The number of morpholine rings is 2. The van der Waals surface area contributed by atoms with Crippen LogP contribution in [0.2, 0.25) is 0 Å². The van der Waals surface area contributed by atoms with Crippen molar-refractivity contribution in [1.29, 1.82) is 0 Å². The van der Waals surface area contributed by atoms with E-state index in [2.05, 4.69) is 16.7 Å². The Kier molecular flexibility index (Phi) is 4.52. The molecule has 5 rings (SSSR count). The predicted octanol–water partition coefficient (Wildman–Crippen LogP) is 1.71. The van der Waals surface area contributed by atoms with Gasteiger partial charge in [-0.05, 0) is 44.0 Å². The minimum Gasteiger partial charge on any atom is -0.399 e. The third-order valence-electron chi connectivity index (χ3n) is 5.88. The zero-order valence-electron chi connectivity index (χ0n) is 16.1. The molecule has 3 fully saturated rings. The van der Waals surface area contributed by atoms with E-state index in [0.29, 0.717) is 31.1 Å². The van der Waals surface area contributed by atoms with Gasteiger partial charge in [-0.2, -0.15) is 15.0 Å². The Hall–Kier alpha value is -2.45. The van der Waals surface area contributed by atoms with Crippen molar-refractivity contribution in [3.63, 3.8) is 0 Å². The van der Waals surface area contributed by atoms with E-state index >= 15 is 0 Å². The van der Waals surface area contributed by atoms with Gasteiger partial charge in [0.15, 0.2) is 5.82 Å². The molecule has 1 aromatic carbocycles. The minimum absolute atomic E-state index is 0.227. The molecule has 28 heavy (non-hydrogen) atoms. The van der Waals surface area contributed by atoms with Gasteiger partial charge in [-0.15, -0.1) is 0 Å². The standard InChI is InChI=1S/C20H26N6O2/c1-13-10-27-9-8-25(13)19-22-18(14-2-4-15(21)5-3-14)23-20(24-19)26-16-6-7-17(26)12-28-11-16/h2-5,13,16-17H,6-12,21H2,1H3. The number of fused-ring (bicyclic) bond motifs is 2. The zero-order chi connectivity index (χ0) is 19.1. The first-order chi connectivity index (χ1) is 13.7. The molecule has 0 saturated carbocycles. The van der Waals surface area contributed by atoms with Crippen molar-refractivity contribution in [2.75, 3.05) is 48.5 Å². The molecule has 8 nitrogen and oxygen atoms in total. The molecule has 2 N–H and O–H groups in total. The lowest BCUT2D eigenvalue weighted by molar-refractivity contribution is 0.0895. The number of anilines is 3. The van der Waals surface area contributed by atoms with Gasteiger partial charge in [-0.3, -0.25) is 0 Å². The van der Waals surface area contributed by atoms with Gasteiger partial charge in [-0.1, -0.05) is 0 Å². The van der Waals surface area contributed by atoms with Crippen molar-refractivity contribution in [3.8, 4) is 11.4 Å². The van der Waals surface area contributed by atoms with Crippen LogP contribution in [0.1, 0.15) is 19.8 Å².